The Morgan fingerprint density at radius 1 is 0.941 bits per heavy atom. The third-order valence-corrected chi connectivity index (χ3v) is 7.56. The van der Waals surface area contributed by atoms with Gasteiger partial charge in [0.2, 0.25) is 21.8 Å². The topological polar surface area (TPSA) is 111 Å². The fourth-order valence-electron chi connectivity index (χ4n) is 3.12. The van der Waals surface area contributed by atoms with E-state index in [-0.39, 0.29) is 15.8 Å². The molecule has 34 heavy (non-hydrogen) atoms. The molecule has 0 aliphatic carbocycles. The van der Waals surface area contributed by atoms with Crippen LogP contribution in [0.4, 0.5) is 0 Å². The summed E-state index contributed by atoms with van der Waals surface area (Å²) in [5, 5.41) is 17.7. The molecule has 3 aromatic carbocycles. The number of thioether (sulfide) groups is 1. The maximum atomic E-state index is 12.3. The number of nitrogens with one attached hydrogen (secondary N) is 1. The highest BCUT2D eigenvalue weighted by Crippen LogP contribution is 2.37. The van der Waals surface area contributed by atoms with Gasteiger partial charge in [0.15, 0.2) is 0 Å². The van der Waals surface area contributed by atoms with Crippen LogP contribution in [0.1, 0.15) is 17.0 Å². The standard InChI is InChI=1S/C23H20Cl2N4O3S2/c24-17-8-6-15(7-9-17)12-27-13-22-28-29-23(32-22)18-10-21(34(26,30)31)20(11-19(18)25)33-14-16-4-2-1-3-5-16/h1-11,27H,12-14H2,(H2,26,30,31). The molecule has 3 N–H and O–H groups in total. The van der Waals surface area contributed by atoms with E-state index in [1.165, 1.54) is 17.8 Å². The summed E-state index contributed by atoms with van der Waals surface area (Å²) in [6, 6.07) is 20.1. The Morgan fingerprint density at radius 2 is 1.68 bits per heavy atom. The highest BCUT2D eigenvalue weighted by Gasteiger charge is 2.21. The van der Waals surface area contributed by atoms with E-state index in [2.05, 4.69) is 15.5 Å². The zero-order chi connectivity index (χ0) is 24.1. The largest absolute Gasteiger partial charge is 0.419 e. The number of benzene rings is 3. The third kappa shape index (κ3) is 6.38. The second kappa shape index (κ2) is 10.9. The Hall–Kier alpha value is -2.40. The van der Waals surface area contributed by atoms with Crippen LogP contribution >= 0.6 is 35.0 Å². The quantitative estimate of drug-likeness (QED) is 0.281. The van der Waals surface area contributed by atoms with Crippen LogP contribution in [0.25, 0.3) is 11.5 Å². The van der Waals surface area contributed by atoms with Crippen molar-refractivity contribution in [1.29, 1.82) is 0 Å². The van der Waals surface area contributed by atoms with Gasteiger partial charge in [0, 0.05) is 22.2 Å². The van der Waals surface area contributed by atoms with Gasteiger partial charge in [0.1, 0.15) is 0 Å². The number of sulfonamides is 1. The van der Waals surface area contributed by atoms with E-state index in [0.717, 1.165) is 11.1 Å². The normalized spacial score (nSPS) is 11.6. The fourth-order valence-corrected chi connectivity index (χ4v) is 5.62. The van der Waals surface area contributed by atoms with Crippen molar-refractivity contribution < 1.29 is 12.8 Å². The molecular weight excluding hydrogens is 515 g/mol. The minimum absolute atomic E-state index is 0.0477. The summed E-state index contributed by atoms with van der Waals surface area (Å²) in [6.07, 6.45) is 0. The van der Waals surface area contributed by atoms with Gasteiger partial charge in [-0.3, -0.25) is 0 Å². The zero-order valence-corrected chi connectivity index (χ0v) is 20.9. The molecule has 0 amide bonds. The van der Waals surface area contributed by atoms with Crippen molar-refractivity contribution in [1.82, 2.24) is 15.5 Å². The number of hydrogen-bond donors (Lipinski definition) is 2. The van der Waals surface area contributed by atoms with Crippen molar-refractivity contribution in [3.8, 4) is 11.5 Å². The number of nitrogens with two attached hydrogens (primary N) is 1. The van der Waals surface area contributed by atoms with Crippen LogP contribution in [0.2, 0.25) is 10.0 Å². The van der Waals surface area contributed by atoms with Crippen LogP contribution in [-0.2, 0) is 28.9 Å². The summed E-state index contributed by atoms with van der Waals surface area (Å²) < 4.78 is 30.3. The van der Waals surface area contributed by atoms with Crippen molar-refractivity contribution in [2.45, 2.75) is 28.6 Å². The number of primary sulfonamides is 1. The van der Waals surface area contributed by atoms with Gasteiger partial charge in [-0.2, -0.15) is 0 Å². The molecule has 176 valence electrons. The Labute approximate surface area is 211 Å². The predicted molar refractivity (Wildman–Crippen MR) is 134 cm³/mol. The molecule has 0 aliphatic heterocycles. The Bertz CT molecular complexity index is 1380. The molecule has 0 saturated carbocycles. The van der Waals surface area contributed by atoms with Gasteiger partial charge in [-0.1, -0.05) is 65.7 Å². The lowest BCUT2D eigenvalue weighted by molar-refractivity contribution is 0.477. The highest BCUT2D eigenvalue weighted by atomic mass is 35.5. The Morgan fingerprint density at radius 3 is 2.38 bits per heavy atom. The van der Waals surface area contributed by atoms with Crippen molar-refractivity contribution in [3.63, 3.8) is 0 Å². The van der Waals surface area contributed by atoms with Crippen molar-refractivity contribution in [3.05, 3.63) is 93.8 Å². The molecule has 0 aliphatic rings. The Kier molecular flexibility index (Phi) is 7.92. The van der Waals surface area contributed by atoms with Crippen LogP contribution in [0.3, 0.4) is 0 Å². The first-order valence-electron chi connectivity index (χ1n) is 10.1. The molecule has 0 radical (unpaired) electrons. The molecule has 4 aromatic rings. The van der Waals surface area contributed by atoms with Crippen molar-refractivity contribution >= 4 is 45.0 Å². The molecule has 7 nitrogen and oxygen atoms in total. The number of rotatable bonds is 9. The van der Waals surface area contributed by atoms with Crippen molar-refractivity contribution in [2.24, 2.45) is 5.14 Å². The number of hydrogen-bond acceptors (Lipinski definition) is 7. The van der Waals surface area contributed by atoms with Crippen LogP contribution in [0.15, 0.2) is 80.9 Å². The summed E-state index contributed by atoms with van der Waals surface area (Å²) in [5.74, 6) is 1.00. The summed E-state index contributed by atoms with van der Waals surface area (Å²) in [5.41, 5.74) is 2.39. The number of nitrogens with zero attached hydrogens (tertiary/aromatic N) is 2. The van der Waals surface area contributed by atoms with Gasteiger partial charge in [-0.15, -0.1) is 22.0 Å². The zero-order valence-electron chi connectivity index (χ0n) is 17.7. The molecular formula is C23H20Cl2N4O3S2. The average molecular weight is 535 g/mol. The van der Waals surface area contributed by atoms with Gasteiger partial charge in [0.05, 0.1) is 22.0 Å². The van der Waals surface area contributed by atoms with E-state index in [1.54, 1.807) is 6.07 Å². The molecule has 0 bridgehead atoms. The van der Waals surface area contributed by atoms with Crippen molar-refractivity contribution in [2.75, 3.05) is 0 Å². The summed E-state index contributed by atoms with van der Waals surface area (Å²) >= 11 is 13.7. The van der Waals surface area contributed by atoms with Crippen LogP contribution in [0.5, 0.6) is 0 Å². The van der Waals surface area contributed by atoms with Crippen LogP contribution < -0.4 is 10.5 Å². The fraction of sp³-hybridized carbons (Fsp3) is 0.130. The molecule has 0 atom stereocenters. The first-order valence-corrected chi connectivity index (χ1v) is 13.4. The van der Waals surface area contributed by atoms with Gasteiger partial charge < -0.3 is 9.73 Å². The molecule has 1 heterocycles. The lowest BCUT2D eigenvalue weighted by Gasteiger charge is -2.11. The minimum Gasteiger partial charge on any atom is -0.419 e. The van der Waals surface area contributed by atoms with E-state index < -0.39 is 10.0 Å². The first-order chi connectivity index (χ1) is 16.3. The lowest BCUT2D eigenvalue weighted by atomic mass is 10.2. The van der Waals surface area contributed by atoms with E-state index >= 15 is 0 Å². The maximum absolute atomic E-state index is 12.3. The SMILES string of the molecule is NS(=O)(=O)c1cc(-c2nnc(CNCc3ccc(Cl)cc3)o2)c(Cl)cc1SCc1ccccc1. The Balaban J connectivity index is 1.51. The highest BCUT2D eigenvalue weighted by molar-refractivity contribution is 7.99. The molecule has 0 fully saturated rings. The summed E-state index contributed by atoms with van der Waals surface area (Å²) in [7, 11) is -4.02. The molecule has 1 aromatic heterocycles. The predicted octanol–water partition coefficient (Wildman–Crippen LogP) is 5.27. The summed E-state index contributed by atoms with van der Waals surface area (Å²) in [4.78, 5) is 0.401. The van der Waals surface area contributed by atoms with Crippen LogP contribution in [0, 0.1) is 0 Å². The second-order valence-corrected chi connectivity index (χ2v) is 10.7. The smallest absolute Gasteiger partial charge is 0.249 e. The van der Waals surface area contributed by atoms with Gasteiger partial charge in [-0.05, 0) is 35.4 Å². The average Bonchev–Trinajstić information content (AvgIpc) is 3.27. The first kappa shape index (κ1) is 24.7. The number of halogens is 2. The minimum atomic E-state index is -4.02. The van der Waals surface area contributed by atoms with Gasteiger partial charge >= 0.3 is 0 Å². The lowest BCUT2D eigenvalue weighted by Crippen LogP contribution is -2.13. The molecule has 11 heteroatoms. The second-order valence-electron chi connectivity index (χ2n) is 7.33. The van der Waals surface area contributed by atoms with E-state index in [9.17, 15) is 8.42 Å². The molecule has 0 saturated heterocycles. The number of aromatic nitrogens is 2. The molecule has 0 unspecified atom stereocenters. The van der Waals surface area contributed by atoms with E-state index in [1.807, 2.05) is 54.6 Å². The molecule has 0 spiro atoms. The van der Waals surface area contributed by atoms with E-state index in [0.29, 0.717) is 40.2 Å². The van der Waals surface area contributed by atoms with Crippen LogP contribution in [-0.4, -0.2) is 18.6 Å². The van der Waals surface area contributed by atoms with Gasteiger partial charge in [0.25, 0.3) is 0 Å². The van der Waals surface area contributed by atoms with E-state index in [4.69, 9.17) is 32.8 Å². The third-order valence-electron chi connectivity index (χ3n) is 4.79. The monoisotopic (exact) mass is 534 g/mol. The molecule has 4 rings (SSSR count). The maximum Gasteiger partial charge on any atom is 0.249 e. The van der Waals surface area contributed by atoms with Gasteiger partial charge in [-0.25, -0.2) is 13.6 Å². The summed E-state index contributed by atoms with van der Waals surface area (Å²) in [6.45, 7) is 0.902.